The summed E-state index contributed by atoms with van der Waals surface area (Å²) in [6, 6.07) is -4.76. The van der Waals surface area contributed by atoms with Gasteiger partial charge in [0.1, 0.15) is 18.1 Å². The molecule has 2 rings (SSSR count). The van der Waals surface area contributed by atoms with Gasteiger partial charge in [-0.15, -0.1) is 0 Å². The van der Waals surface area contributed by atoms with E-state index in [0.717, 1.165) is 0 Å². The molecule has 0 saturated carbocycles. The SMILES string of the molecule is CSCCC(N)C(=O)NC(CO)C(=O)NC(Cc1cnc[nH]1)C(=O)NC(Cc1cnc[nH]1)C(=O)O. The summed E-state index contributed by atoms with van der Waals surface area (Å²) in [6.45, 7) is -0.733. The first kappa shape index (κ1) is 27.8. The molecule has 0 bridgehead atoms. The molecule has 4 atom stereocenters. The van der Waals surface area contributed by atoms with Crippen LogP contribution in [-0.2, 0) is 32.0 Å². The highest BCUT2D eigenvalue weighted by atomic mass is 32.2. The maximum absolute atomic E-state index is 13.0. The van der Waals surface area contributed by atoms with Gasteiger partial charge in [0, 0.05) is 36.6 Å². The molecule has 35 heavy (non-hydrogen) atoms. The molecular formula is C20H30N8O6S. The van der Waals surface area contributed by atoms with Gasteiger partial charge < -0.3 is 41.9 Å². The van der Waals surface area contributed by atoms with Gasteiger partial charge in [-0.05, 0) is 18.4 Å². The third-order valence-electron chi connectivity index (χ3n) is 4.99. The van der Waals surface area contributed by atoms with Gasteiger partial charge in [0.25, 0.3) is 0 Å². The van der Waals surface area contributed by atoms with E-state index in [4.69, 9.17) is 5.73 Å². The zero-order valence-electron chi connectivity index (χ0n) is 19.1. The van der Waals surface area contributed by atoms with Crippen LogP contribution < -0.4 is 21.7 Å². The van der Waals surface area contributed by atoms with Gasteiger partial charge in [0.05, 0.1) is 25.3 Å². The molecule has 4 unspecified atom stereocenters. The van der Waals surface area contributed by atoms with Crippen molar-refractivity contribution in [2.24, 2.45) is 5.73 Å². The first-order valence-electron chi connectivity index (χ1n) is 10.7. The third kappa shape index (κ3) is 9.03. The Kier molecular flexibility index (Phi) is 11.2. The Bertz CT molecular complexity index is 955. The van der Waals surface area contributed by atoms with Crippen molar-refractivity contribution in [3.8, 4) is 0 Å². The monoisotopic (exact) mass is 510 g/mol. The fourth-order valence-corrected chi connectivity index (χ4v) is 3.52. The van der Waals surface area contributed by atoms with Gasteiger partial charge in [0.15, 0.2) is 0 Å². The highest BCUT2D eigenvalue weighted by Crippen LogP contribution is 2.04. The molecule has 0 aliphatic rings. The number of aliphatic hydroxyl groups is 1. The topological polar surface area (TPSA) is 228 Å². The van der Waals surface area contributed by atoms with E-state index in [0.29, 0.717) is 23.6 Å². The number of nitrogens with one attached hydrogen (secondary N) is 5. The first-order chi connectivity index (χ1) is 16.7. The molecule has 2 heterocycles. The van der Waals surface area contributed by atoms with Gasteiger partial charge in [-0.3, -0.25) is 14.4 Å². The maximum Gasteiger partial charge on any atom is 0.326 e. The average molecular weight is 511 g/mol. The number of aromatic amines is 2. The molecular weight excluding hydrogens is 480 g/mol. The minimum atomic E-state index is -1.36. The van der Waals surface area contributed by atoms with Crippen LogP contribution in [0.3, 0.4) is 0 Å². The number of rotatable bonds is 15. The Morgan fingerprint density at radius 3 is 1.94 bits per heavy atom. The molecule has 0 aliphatic carbocycles. The molecule has 2 aromatic rings. The standard InChI is InChI=1S/C20H30N8O6S/c1-35-3-2-13(21)17(30)28-16(8-29)19(32)26-14(4-11-6-22-9-24-11)18(31)27-15(20(33)34)5-12-7-23-10-25-12/h6-7,9-10,13-16,29H,2-5,8,21H2,1H3,(H,22,24)(H,23,25)(H,26,32)(H,27,31)(H,28,30)(H,33,34). The van der Waals surface area contributed by atoms with Crippen molar-refractivity contribution in [3.05, 3.63) is 36.4 Å². The molecule has 0 saturated heterocycles. The van der Waals surface area contributed by atoms with E-state index in [2.05, 4.69) is 35.9 Å². The Morgan fingerprint density at radius 2 is 1.46 bits per heavy atom. The van der Waals surface area contributed by atoms with Crippen molar-refractivity contribution in [2.75, 3.05) is 18.6 Å². The summed E-state index contributed by atoms with van der Waals surface area (Å²) >= 11 is 1.51. The molecule has 0 fully saturated rings. The minimum Gasteiger partial charge on any atom is -0.480 e. The first-order valence-corrected chi connectivity index (χ1v) is 12.1. The number of aromatic nitrogens is 4. The summed E-state index contributed by atoms with van der Waals surface area (Å²) < 4.78 is 0. The molecule has 9 N–H and O–H groups in total. The molecule has 0 spiro atoms. The molecule has 0 aliphatic heterocycles. The Labute approximate surface area is 205 Å². The Morgan fingerprint density at radius 1 is 0.943 bits per heavy atom. The van der Waals surface area contributed by atoms with Crippen LogP contribution >= 0.6 is 11.8 Å². The summed E-state index contributed by atoms with van der Waals surface area (Å²) in [5.74, 6) is -2.87. The van der Waals surface area contributed by atoms with Crippen LogP contribution in [0.25, 0.3) is 0 Å². The molecule has 2 aromatic heterocycles. The van der Waals surface area contributed by atoms with E-state index in [1.165, 1.54) is 36.8 Å². The van der Waals surface area contributed by atoms with Gasteiger partial charge in [-0.2, -0.15) is 11.8 Å². The number of thioether (sulfide) groups is 1. The van der Waals surface area contributed by atoms with E-state index in [1.54, 1.807) is 0 Å². The molecule has 192 valence electrons. The molecule has 14 nitrogen and oxygen atoms in total. The number of H-pyrrole nitrogens is 2. The lowest BCUT2D eigenvalue weighted by Gasteiger charge is -2.24. The van der Waals surface area contributed by atoms with E-state index >= 15 is 0 Å². The van der Waals surface area contributed by atoms with E-state index < -0.39 is 54.5 Å². The lowest BCUT2D eigenvalue weighted by atomic mass is 10.1. The molecule has 0 aromatic carbocycles. The second-order valence-corrected chi connectivity index (χ2v) is 8.64. The fourth-order valence-electron chi connectivity index (χ4n) is 3.04. The van der Waals surface area contributed by atoms with E-state index in [1.807, 2.05) is 6.26 Å². The van der Waals surface area contributed by atoms with E-state index in [-0.39, 0.29) is 12.8 Å². The van der Waals surface area contributed by atoms with Crippen LogP contribution in [0.2, 0.25) is 0 Å². The highest BCUT2D eigenvalue weighted by molar-refractivity contribution is 7.98. The van der Waals surface area contributed by atoms with Crippen molar-refractivity contribution >= 4 is 35.5 Å². The number of carboxylic acid groups (broad SMARTS) is 1. The minimum absolute atomic E-state index is 0.0483. The van der Waals surface area contributed by atoms with Crippen molar-refractivity contribution in [1.82, 2.24) is 35.9 Å². The lowest BCUT2D eigenvalue weighted by molar-refractivity contribution is -0.142. The van der Waals surface area contributed by atoms with Crippen LogP contribution in [0.15, 0.2) is 25.0 Å². The lowest BCUT2D eigenvalue weighted by Crippen LogP contribution is -2.58. The summed E-state index contributed by atoms with van der Waals surface area (Å²) in [5, 5.41) is 26.4. The van der Waals surface area contributed by atoms with Crippen LogP contribution in [-0.4, -0.2) is 96.6 Å². The van der Waals surface area contributed by atoms with Crippen LogP contribution in [0.1, 0.15) is 17.8 Å². The van der Waals surface area contributed by atoms with Crippen molar-refractivity contribution in [1.29, 1.82) is 0 Å². The van der Waals surface area contributed by atoms with Crippen LogP contribution in [0, 0.1) is 0 Å². The number of aliphatic carboxylic acids is 1. The smallest absolute Gasteiger partial charge is 0.326 e. The number of aliphatic hydroxyl groups excluding tert-OH is 1. The predicted molar refractivity (Wildman–Crippen MR) is 126 cm³/mol. The number of carboxylic acids is 1. The predicted octanol–water partition coefficient (Wildman–Crippen LogP) is -2.47. The molecule has 15 heteroatoms. The fraction of sp³-hybridized carbons (Fsp3) is 0.500. The van der Waals surface area contributed by atoms with Gasteiger partial charge in [-0.1, -0.05) is 0 Å². The number of imidazole rings is 2. The summed E-state index contributed by atoms with van der Waals surface area (Å²) in [7, 11) is 0. The zero-order valence-corrected chi connectivity index (χ0v) is 19.9. The number of carbonyl (C=O) groups excluding carboxylic acids is 3. The second-order valence-electron chi connectivity index (χ2n) is 7.65. The van der Waals surface area contributed by atoms with Crippen LogP contribution in [0.5, 0.6) is 0 Å². The third-order valence-corrected chi connectivity index (χ3v) is 5.63. The summed E-state index contributed by atoms with van der Waals surface area (Å²) in [5.41, 5.74) is 6.80. The summed E-state index contributed by atoms with van der Waals surface area (Å²) in [4.78, 5) is 63.0. The second kappa shape index (κ2) is 14.1. The average Bonchev–Trinajstić information content (AvgIpc) is 3.54. The number of carbonyl (C=O) groups is 4. The highest BCUT2D eigenvalue weighted by Gasteiger charge is 2.30. The van der Waals surface area contributed by atoms with Crippen LogP contribution in [0.4, 0.5) is 0 Å². The number of hydrogen-bond donors (Lipinski definition) is 8. The van der Waals surface area contributed by atoms with Gasteiger partial charge >= 0.3 is 5.97 Å². The maximum atomic E-state index is 13.0. The van der Waals surface area contributed by atoms with Crippen molar-refractivity contribution in [2.45, 2.75) is 43.4 Å². The Balaban J connectivity index is 2.10. The normalized spacial score (nSPS) is 14.4. The van der Waals surface area contributed by atoms with Gasteiger partial charge in [-0.25, -0.2) is 14.8 Å². The van der Waals surface area contributed by atoms with Crippen molar-refractivity contribution < 1.29 is 29.4 Å². The molecule has 0 radical (unpaired) electrons. The number of nitrogens with zero attached hydrogens (tertiary/aromatic N) is 2. The molecule has 3 amide bonds. The summed E-state index contributed by atoms with van der Waals surface area (Å²) in [6.07, 6.45) is 7.78. The zero-order chi connectivity index (χ0) is 25.8. The number of nitrogens with two attached hydrogens (primary N) is 1. The largest absolute Gasteiger partial charge is 0.480 e. The van der Waals surface area contributed by atoms with Gasteiger partial charge in [0.2, 0.25) is 17.7 Å². The Hall–Kier alpha value is -3.43. The van der Waals surface area contributed by atoms with E-state index in [9.17, 15) is 29.4 Å². The van der Waals surface area contributed by atoms with Crippen molar-refractivity contribution in [3.63, 3.8) is 0 Å². The number of hydrogen-bond acceptors (Lipinski definition) is 9. The quantitative estimate of drug-likeness (QED) is 0.126. The number of amides is 3.